The maximum atomic E-state index is 9.47. The average Bonchev–Trinajstić information content (AvgIpc) is 2.26. The van der Waals surface area contributed by atoms with Crippen LogP contribution in [0.3, 0.4) is 0 Å². The maximum absolute atomic E-state index is 9.47. The van der Waals surface area contributed by atoms with E-state index in [1.54, 1.807) is 12.4 Å². The van der Waals surface area contributed by atoms with Crippen molar-refractivity contribution in [2.75, 3.05) is 0 Å². The molecule has 0 amide bonds. The summed E-state index contributed by atoms with van der Waals surface area (Å²) in [6, 6.07) is 3.84. The number of aromatic nitrogens is 1. The van der Waals surface area contributed by atoms with Gasteiger partial charge in [-0.2, -0.15) is 0 Å². The van der Waals surface area contributed by atoms with Gasteiger partial charge in [-0.3, -0.25) is 4.98 Å². The molecule has 0 aliphatic rings. The normalized spacial score (nSPS) is 13.2. The molecule has 3 nitrogen and oxygen atoms in total. The summed E-state index contributed by atoms with van der Waals surface area (Å²) < 4.78 is 0. The molecular formula is C11H20Cl2N2O. The molecule has 94 valence electrons. The lowest BCUT2D eigenvalue weighted by Crippen LogP contribution is -2.34. The Morgan fingerprint density at radius 2 is 1.88 bits per heavy atom. The molecule has 1 aromatic rings. The molecule has 3 N–H and O–H groups in total. The van der Waals surface area contributed by atoms with Crippen LogP contribution < -0.4 is 5.73 Å². The van der Waals surface area contributed by atoms with Gasteiger partial charge in [0.25, 0.3) is 0 Å². The van der Waals surface area contributed by atoms with Crippen LogP contribution in [-0.2, 0) is 6.42 Å². The largest absolute Gasteiger partial charge is 0.392 e. The van der Waals surface area contributed by atoms with Gasteiger partial charge in [-0.1, -0.05) is 6.92 Å². The van der Waals surface area contributed by atoms with Crippen molar-refractivity contribution in [3.8, 4) is 0 Å². The van der Waals surface area contributed by atoms with Crippen molar-refractivity contribution in [2.24, 2.45) is 5.73 Å². The molecule has 1 aromatic heterocycles. The summed E-state index contributed by atoms with van der Waals surface area (Å²) in [7, 11) is 0. The lowest BCUT2D eigenvalue weighted by Gasteiger charge is -2.16. The van der Waals surface area contributed by atoms with Crippen LogP contribution in [0.1, 0.15) is 25.3 Å². The first-order valence-electron chi connectivity index (χ1n) is 5.06. The SMILES string of the molecule is CC[C@H](O)[C@H](N)CCc1ccncc1.Cl.Cl. The van der Waals surface area contributed by atoms with Crippen LogP contribution in [0.4, 0.5) is 0 Å². The summed E-state index contributed by atoms with van der Waals surface area (Å²) >= 11 is 0. The molecule has 2 atom stereocenters. The Labute approximate surface area is 109 Å². The molecule has 0 radical (unpaired) electrons. The van der Waals surface area contributed by atoms with Crippen molar-refractivity contribution in [1.29, 1.82) is 0 Å². The highest BCUT2D eigenvalue weighted by Gasteiger charge is 2.11. The molecule has 1 rings (SSSR count). The van der Waals surface area contributed by atoms with Crippen molar-refractivity contribution in [3.63, 3.8) is 0 Å². The summed E-state index contributed by atoms with van der Waals surface area (Å²) in [6.45, 7) is 1.94. The van der Waals surface area contributed by atoms with Gasteiger partial charge in [-0.05, 0) is 37.0 Å². The van der Waals surface area contributed by atoms with E-state index in [0.29, 0.717) is 0 Å². The number of hydrogen-bond acceptors (Lipinski definition) is 3. The second-order valence-electron chi connectivity index (χ2n) is 3.53. The number of nitrogens with two attached hydrogens (primary N) is 1. The fourth-order valence-corrected chi connectivity index (χ4v) is 1.38. The summed E-state index contributed by atoms with van der Waals surface area (Å²) in [4.78, 5) is 3.94. The van der Waals surface area contributed by atoms with Gasteiger partial charge in [0.2, 0.25) is 0 Å². The smallest absolute Gasteiger partial charge is 0.0688 e. The van der Waals surface area contributed by atoms with Gasteiger partial charge >= 0.3 is 0 Å². The minimum Gasteiger partial charge on any atom is -0.392 e. The maximum Gasteiger partial charge on any atom is 0.0688 e. The van der Waals surface area contributed by atoms with Gasteiger partial charge in [0.1, 0.15) is 0 Å². The van der Waals surface area contributed by atoms with Crippen LogP contribution in [0.25, 0.3) is 0 Å². The third-order valence-electron chi connectivity index (χ3n) is 2.43. The molecule has 0 spiro atoms. The standard InChI is InChI=1S/C11H18N2O.2ClH/c1-2-11(14)10(12)4-3-9-5-7-13-8-6-9;;/h5-8,10-11,14H,2-4,12H2,1H3;2*1H/t10-,11+;;/m1../s1. The molecule has 1 heterocycles. The van der Waals surface area contributed by atoms with E-state index in [0.717, 1.165) is 19.3 Å². The Kier molecular flexibility index (Phi) is 11.1. The Hall–Kier alpha value is -0.350. The second-order valence-corrected chi connectivity index (χ2v) is 3.53. The van der Waals surface area contributed by atoms with Gasteiger partial charge < -0.3 is 10.8 Å². The monoisotopic (exact) mass is 266 g/mol. The zero-order valence-electron chi connectivity index (χ0n) is 9.37. The van der Waals surface area contributed by atoms with E-state index in [4.69, 9.17) is 5.73 Å². The topological polar surface area (TPSA) is 59.1 Å². The van der Waals surface area contributed by atoms with Gasteiger partial charge in [0, 0.05) is 18.4 Å². The van der Waals surface area contributed by atoms with E-state index in [1.165, 1.54) is 5.56 Å². The first-order valence-corrected chi connectivity index (χ1v) is 5.06. The second kappa shape index (κ2) is 9.85. The van der Waals surface area contributed by atoms with Crippen molar-refractivity contribution in [1.82, 2.24) is 4.98 Å². The molecule has 5 heteroatoms. The molecule has 16 heavy (non-hydrogen) atoms. The Bertz CT molecular complexity index is 259. The first kappa shape index (κ1) is 18.0. The van der Waals surface area contributed by atoms with E-state index >= 15 is 0 Å². The zero-order chi connectivity index (χ0) is 10.4. The van der Waals surface area contributed by atoms with Gasteiger partial charge in [-0.25, -0.2) is 0 Å². The van der Waals surface area contributed by atoms with Crippen molar-refractivity contribution in [3.05, 3.63) is 30.1 Å². The van der Waals surface area contributed by atoms with Crippen LogP contribution >= 0.6 is 24.8 Å². The van der Waals surface area contributed by atoms with E-state index < -0.39 is 0 Å². The lowest BCUT2D eigenvalue weighted by molar-refractivity contribution is 0.136. The number of aliphatic hydroxyl groups is 1. The van der Waals surface area contributed by atoms with Crippen LogP contribution in [0, 0.1) is 0 Å². The molecule has 0 aliphatic heterocycles. The highest BCUT2D eigenvalue weighted by atomic mass is 35.5. The highest BCUT2D eigenvalue weighted by molar-refractivity contribution is 5.85. The Morgan fingerprint density at radius 1 is 1.31 bits per heavy atom. The predicted octanol–water partition coefficient (Wildman–Crippen LogP) is 1.96. The Balaban J connectivity index is 0. The summed E-state index contributed by atoms with van der Waals surface area (Å²) in [5, 5.41) is 9.47. The molecular weight excluding hydrogens is 247 g/mol. The van der Waals surface area contributed by atoms with Crippen molar-refractivity contribution >= 4 is 24.8 Å². The number of halogens is 2. The molecule has 0 aromatic carbocycles. The van der Waals surface area contributed by atoms with E-state index in [9.17, 15) is 5.11 Å². The lowest BCUT2D eigenvalue weighted by atomic mass is 10.0. The van der Waals surface area contributed by atoms with Crippen LogP contribution in [0.5, 0.6) is 0 Å². The number of pyridine rings is 1. The summed E-state index contributed by atoms with van der Waals surface area (Å²) in [6.07, 6.45) is 5.61. The zero-order valence-corrected chi connectivity index (χ0v) is 11.0. The molecule has 0 unspecified atom stereocenters. The third-order valence-corrected chi connectivity index (χ3v) is 2.43. The number of nitrogens with zero attached hydrogens (tertiary/aromatic N) is 1. The fourth-order valence-electron chi connectivity index (χ4n) is 1.38. The Morgan fingerprint density at radius 3 is 2.38 bits per heavy atom. The number of rotatable bonds is 5. The average molecular weight is 267 g/mol. The van der Waals surface area contributed by atoms with Gasteiger partial charge in [-0.15, -0.1) is 24.8 Å². The third kappa shape index (κ3) is 6.28. The number of aliphatic hydroxyl groups excluding tert-OH is 1. The minimum absolute atomic E-state index is 0. The van der Waals surface area contributed by atoms with Gasteiger partial charge in [0.05, 0.1) is 6.10 Å². The van der Waals surface area contributed by atoms with Crippen LogP contribution in [0.15, 0.2) is 24.5 Å². The van der Waals surface area contributed by atoms with Crippen molar-refractivity contribution < 1.29 is 5.11 Å². The molecule has 0 bridgehead atoms. The molecule has 0 saturated heterocycles. The quantitative estimate of drug-likeness (QED) is 0.857. The molecule has 0 aliphatic carbocycles. The minimum atomic E-state index is -0.378. The number of aryl methyl sites for hydroxylation is 1. The molecule has 0 saturated carbocycles. The van der Waals surface area contributed by atoms with Gasteiger partial charge in [0.15, 0.2) is 0 Å². The molecule has 0 fully saturated rings. The highest BCUT2D eigenvalue weighted by Crippen LogP contribution is 2.06. The first-order chi connectivity index (χ1) is 6.74. The van der Waals surface area contributed by atoms with Crippen molar-refractivity contribution in [2.45, 2.75) is 38.3 Å². The van der Waals surface area contributed by atoms with E-state index in [2.05, 4.69) is 4.98 Å². The summed E-state index contributed by atoms with van der Waals surface area (Å²) in [5.41, 5.74) is 7.03. The van der Waals surface area contributed by atoms with E-state index in [-0.39, 0.29) is 37.0 Å². The van der Waals surface area contributed by atoms with E-state index in [1.807, 2.05) is 19.1 Å². The van der Waals surface area contributed by atoms with Crippen LogP contribution in [0.2, 0.25) is 0 Å². The van der Waals surface area contributed by atoms with Crippen LogP contribution in [-0.4, -0.2) is 22.2 Å². The predicted molar refractivity (Wildman–Crippen MR) is 71.3 cm³/mol. The number of hydrogen-bond donors (Lipinski definition) is 2. The summed E-state index contributed by atoms with van der Waals surface area (Å²) in [5.74, 6) is 0. The fraction of sp³-hybridized carbons (Fsp3) is 0.545.